The van der Waals surface area contributed by atoms with Gasteiger partial charge in [-0.1, -0.05) is 11.6 Å². The lowest BCUT2D eigenvalue weighted by atomic mass is 10.1. The molecule has 32 heavy (non-hydrogen) atoms. The van der Waals surface area contributed by atoms with Gasteiger partial charge in [0.15, 0.2) is 0 Å². The molecule has 0 radical (unpaired) electrons. The number of carbonyl (C=O) groups is 2. The van der Waals surface area contributed by atoms with Crippen LogP contribution in [0.15, 0.2) is 60.3 Å². The van der Waals surface area contributed by atoms with Crippen molar-refractivity contribution in [3.05, 3.63) is 77.2 Å². The highest BCUT2D eigenvalue weighted by atomic mass is 35.5. The number of nitrogens with zero attached hydrogens (tertiary/aromatic N) is 4. The first kappa shape index (κ1) is 21.1. The van der Waals surface area contributed by atoms with E-state index in [2.05, 4.69) is 25.7 Å². The van der Waals surface area contributed by atoms with Gasteiger partial charge in [-0.15, -0.1) is 0 Å². The third kappa shape index (κ3) is 4.32. The highest BCUT2D eigenvalue weighted by molar-refractivity contribution is 6.32. The van der Waals surface area contributed by atoms with Crippen molar-refractivity contribution < 1.29 is 23.5 Å². The van der Waals surface area contributed by atoms with Crippen molar-refractivity contribution in [2.45, 2.75) is 0 Å². The number of hydrazine groups is 1. The summed E-state index contributed by atoms with van der Waals surface area (Å²) in [7, 11) is 0. The number of aliphatic hydroxyl groups is 1. The van der Waals surface area contributed by atoms with E-state index in [4.69, 9.17) is 11.6 Å². The van der Waals surface area contributed by atoms with E-state index in [9.17, 15) is 23.5 Å². The molecule has 4 heterocycles. The van der Waals surface area contributed by atoms with Crippen molar-refractivity contribution in [1.82, 2.24) is 20.4 Å². The molecule has 0 fully saturated rings. The van der Waals surface area contributed by atoms with Crippen LogP contribution in [-0.2, 0) is 9.59 Å². The van der Waals surface area contributed by atoms with Gasteiger partial charge in [0, 0.05) is 17.8 Å². The summed E-state index contributed by atoms with van der Waals surface area (Å²) in [5, 5.41) is 14.0. The second-order valence-corrected chi connectivity index (χ2v) is 6.92. The van der Waals surface area contributed by atoms with Crippen molar-refractivity contribution in [1.29, 1.82) is 0 Å². The normalized spacial score (nSPS) is 13.7. The summed E-state index contributed by atoms with van der Waals surface area (Å²) in [4.78, 5) is 36.1. The van der Waals surface area contributed by atoms with E-state index >= 15 is 0 Å². The van der Waals surface area contributed by atoms with Gasteiger partial charge < -0.3 is 10.4 Å². The van der Waals surface area contributed by atoms with Crippen molar-refractivity contribution in [2.24, 2.45) is 0 Å². The molecule has 0 aromatic carbocycles. The number of aliphatic hydroxyl groups excluding tert-OH is 1. The Hall–Kier alpha value is -4.12. The van der Waals surface area contributed by atoms with Crippen LogP contribution >= 0.6 is 11.6 Å². The average Bonchev–Trinajstić information content (AvgIpc) is 2.75. The predicted octanol–water partition coefficient (Wildman–Crippen LogP) is 2.77. The van der Waals surface area contributed by atoms with Crippen molar-refractivity contribution >= 4 is 34.9 Å². The third-order valence-corrected chi connectivity index (χ3v) is 4.73. The number of rotatable bonds is 4. The molecular formula is C20H13ClF2N6O3. The third-order valence-electron chi connectivity index (χ3n) is 4.43. The minimum absolute atomic E-state index is 0.00283. The lowest BCUT2D eigenvalue weighted by molar-refractivity contribution is -0.122. The Balaban J connectivity index is 1.58. The zero-order valence-corrected chi connectivity index (χ0v) is 16.8. The second kappa shape index (κ2) is 8.55. The fourth-order valence-electron chi connectivity index (χ4n) is 2.95. The van der Waals surface area contributed by atoms with Crippen molar-refractivity contribution in [3.63, 3.8) is 0 Å². The van der Waals surface area contributed by atoms with Crippen LogP contribution in [0.5, 0.6) is 0 Å². The SMILES string of the molecule is O=C(Nc1ccc(F)cn1)C1=C(O)CN(c2cnc(Cl)c(-c3ccnc(F)c3)c2)NC1=O. The summed E-state index contributed by atoms with van der Waals surface area (Å²) >= 11 is 6.13. The molecule has 0 bridgehead atoms. The van der Waals surface area contributed by atoms with E-state index in [0.29, 0.717) is 16.8 Å². The number of amides is 2. The van der Waals surface area contributed by atoms with Gasteiger partial charge in [-0.25, -0.2) is 19.3 Å². The Bertz CT molecular complexity index is 1250. The number of anilines is 2. The molecule has 12 heteroatoms. The largest absolute Gasteiger partial charge is 0.509 e. The highest BCUT2D eigenvalue weighted by Crippen LogP contribution is 2.30. The Kier molecular flexibility index (Phi) is 5.65. The number of pyridine rings is 3. The van der Waals surface area contributed by atoms with Gasteiger partial charge >= 0.3 is 0 Å². The van der Waals surface area contributed by atoms with Crippen LogP contribution in [-0.4, -0.2) is 38.4 Å². The molecule has 0 spiro atoms. The Morgan fingerprint density at radius 1 is 1.16 bits per heavy atom. The first-order chi connectivity index (χ1) is 15.3. The average molecular weight is 459 g/mol. The first-order valence-corrected chi connectivity index (χ1v) is 9.40. The molecule has 3 N–H and O–H groups in total. The zero-order valence-electron chi connectivity index (χ0n) is 16.0. The molecule has 2 amide bonds. The van der Waals surface area contributed by atoms with Gasteiger partial charge in [-0.3, -0.25) is 20.0 Å². The van der Waals surface area contributed by atoms with Crippen LogP contribution in [0.1, 0.15) is 0 Å². The molecule has 0 unspecified atom stereocenters. The van der Waals surface area contributed by atoms with Gasteiger partial charge in [0.2, 0.25) is 5.95 Å². The van der Waals surface area contributed by atoms with Crippen LogP contribution in [0, 0.1) is 11.8 Å². The van der Waals surface area contributed by atoms with Gasteiger partial charge in [0.05, 0.1) is 24.6 Å². The number of hydrogen-bond acceptors (Lipinski definition) is 7. The minimum Gasteiger partial charge on any atom is -0.509 e. The highest BCUT2D eigenvalue weighted by Gasteiger charge is 2.31. The maximum atomic E-state index is 13.5. The fraction of sp³-hybridized carbons (Fsp3) is 0.0500. The van der Waals surface area contributed by atoms with Crippen molar-refractivity contribution in [3.8, 4) is 11.1 Å². The van der Waals surface area contributed by atoms with E-state index in [1.807, 2.05) is 0 Å². The van der Waals surface area contributed by atoms with Gasteiger partial charge in [0.1, 0.15) is 28.1 Å². The summed E-state index contributed by atoms with van der Waals surface area (Å²) in [6, 6.07) is 6.53. The van der Waals surface area contributed by atoms with E-state index in [0.717, 1.165) is 12.3 Å². The molecule has 162 valence electrons. The number of nitrogens with one attached hydrogen (secondary N) is 2. The number of aromatic nitrogens is 3. The molecule has 4 rings (SSSR count). The van der Waals surface area contributed by atoms with E-state index in [1.165, 1.54) is 41.7 Å². The maximum Gasteiger partial charge on any atom is 0.278 e. The second-order valence-electron chi connectivity index (χ2n) is 6.56. The monoisotopic (exact) mass is 458 g/mol. The molecule has 0 aliphatic carbocycles. The predicted molar refractivity (Wildman–Crippen MR) is 110 cm³/mol. The molecule has 3 aromatic heterocycles. The fourth-order valence-corrected chi connectivity index (χ4v) is 3.17. The lowest BCUT2D eigenvalue weighted by Crippen LogP contribution is -2.50. The lowest BCUT2D eigenvalue weighted by Gasteiger charge is -2.30. The summed E-state index contributed by atoms with van der Waals surface area (Å²) in [6.45, 7) is -0.265. The first-order valence-electron chi connectivity index (χ1n) is 9.03. The number of carbonyl (C=O) groups excluding carboxylic acids is 2. The summed E-state index contributed by atoms with van der Waals surface area (Å²) < 4.78 is 26.5. The molecule has 9 nitrogen and oxygen atoms in total. The van der Waals surface area contributed by atoms with Crippen LogP contribution in [0.2, 0.25) is 5.15 Å². The Labute approximate surface area is 184 Å². The Morgan fingerprint density at radius 3 is 2.66 bits per heavy atom. The number of hydrogen-bond donors (Lipinski definition) is 3. The standard InChI is InChI=1S/C20H13ClF2N6O3/c21-18-13(10-3-4-24-15(23)5-10)6-12(8-26-18)29-9-14(30)17(20(32)28-29)19(31)27-16-2-1-11(22)7-25-16/h1-8,30H,9H2,(H,28,32)(H,25,27,31). The summed E-state index contributed by atoms with van der Waals surface area (Å²) in [5.41, 5.74) is 3.04. The molecule has 0 saturated heterocycles. The van der Waals surface area contributed by atoms with E-state index in [1.54, 1.807) is 0 Å². The summed E-state index contributed by atoms with van der Waals surface area (Å²) in [5.74, 6) is -3.62. The summed E-state index contributed by atoms with van der Waals surface area (Å²) in [6.07, 6.45) is 3.50. The quantitative estimate of drug-likeness (QED) is 0.406. The number of halogens is 3. The molecule has 0 saturated carbocycles. The zero-order chi connectivity index (χ0) is 22.8. The van der Waals surface area contributed by atoms with Gasteiger partial charge in [-0.2, -0.15) is 4.39 Å². The topological polar surface area (TPSA) is 120 Å². The molecule has 1 aliphatic heterocycles. The molecule has 3 aromatic rings. The Morgan fingerprint density at radius 2 is 1.97 bits per heavy atom. The van der Waals surface area contributed by atoms with E-state index in [-0.39, 0.29) is 17.5 Å². The van der Waals surface area contributed by atoms with Crippen LogP contribution < -0.4 is 15.8 Å². The van der Waals surface area contributed by atoms with Crippen LogP contribution in [0.3, 0.4) is 0 Å². The van der Waals surface area contributed by atoms with Crippen molar-refractivity contribution in [2.75, 3.05) is 16.9 Å². The van der Waals surface area contributed by atoms with E-state index < -0.39 is 34.9 Å². The molecule has 1 aliphatic rings. The molecular weight excluding hydrogens is 446 g/mol. The maximum absolute atomic E-state index is 13.5. The minimum atomic E-state index is -0.916. The van der Waals surface area contributed by atoms with Gasteiger partial charge in [-0.05, 0) is 29.8 Å². The van der Waals surface area contributed by atoms with Gasteiger partial charge in [0.25, 0.3) is 11.8 Å². The smallest absolute Gasteiger partial charge is 0.278 e. The molecule has 0 atom stereocenters. The van der Waals surface area contributed by atoms with Crippen LogP contribution in [0.25, 0.3) is 11.1 Å². The van der Waals surface area contributed by atoms with Crippen LogP contribution in [0.4, 0.5) is 20.3 Å².